The molecule has 1 N–H and O–H groups in total. The van der Waals surface area contributed by atoms with Gasteiger partial charge in [0, 0.05) is 17.8 Å². The Morgan fingerprint density at radius 2 is 2.00 bits per heavy atom. The lowest BCUT2D eigenvalue weighted by molar-refractivity contribution is -0.0495. The fourth-order valence-electron chi connectivity index (χ4n) is 1.96. The van der Waals surface area contributed by atoms with Crippen molar-refractivity contribution in [2.45, 2.75) is 32.9 Å². The summed E-state index contributed by atoms with van der Waals surface area (Å²) in [5.41, 5.74) is 0.355. The summed E-state index contributed by atoms with van der Waals surface area (Å²) in [4.78, 5) is 4.18. The van der Waals surface area contributed by atoms with E-state index in [4.69, 9.17) is 0 Å². The first-order valence-corrected chi connectivity index (χ1v) is 6.97. The normalized spacial score (nSPS) is 12.3. The van der Waals surface area contributed by atoms with Gasteiger partial charge in [-0.25, -0.2) is 9.37 Å². The third kappa shape index (κ3) is 3.90. The van der Waals surface area contributed by atoms with Crippen molar-refractivity contribution in [1.82, 2.24) is 4.98 Å². The van der Waals surface area contributed by atoms with Gasteiger partial charge in [0.2, 0.25) is 0 Å². The third-order valence-corrected chi connectivity index (χ3v) is 3.25. The summed E-state index contributed by atoms with van der Waals surface area (Å²) in [7, 11) is 0. The van der Waals surface area contributed by atoms with Gasteiger partial charge in [0.05, 0.1) is 5.56 Å². The van der Waals surface area contributed by atoms with Gasteiger partial charge in [-0.05, 0) is 37.6 Å². The average Bonchev–Trinajstić information content (AvgIpc) is 2.48. The van der Waals surface area contributed by atoms with Gasteiger partial charge in [-0.1, -0.05) is 13.0 Å². The van der Waals surface area contributed by atoms with E-state index >= 15 is 0 Å². The molecule has 22 heavy (non-hydrogen) atoms. The lowest BCUT2D eigenvalue weighted by atomic mass is 10.1. The summed E-state index contributed by atoms with van der Waals surface area (Å²) in [6.07, 6.45) is 2.37. The molecule has 2 aromatic rings. The van der Waals surface area contributed by atoms with Gasteiger partial charge in [0.1, 0.15) is 17.4 Å². The number of nitrogens with zero attached hydrogens (tertiary/aromatic N) is 1. The maximum absolute atomic E-state index is 14.0. The number of hydrogen-bond donors (Lipinski definition) is 1. The molecule has 0 aliphatic carbocycles. The summed E-state index contributed by atoms with van der Waals surface area (Å²) >= 11 is 0. The van der Waals surface area contributed by atoms with Crippen LogP contribution in [0.2, 0.25) is 0 Å². The highest BCUT2D eigenvalue weighted by Crippen LogP contribution is 2.33. The summed E-state index contributed by atoms with van der Waals surface area (Å²) in [6.45, 7) is 1.04. The number of hydrogen-bond acceptors (Lipinski definition) is 3. The Morgan fingerprint density at radius 1 is 1.23 bits per heavy atom. The lowest BCUT2D eigenvalue weighted by Gasteiger charge is -2.14. The van der Waals surface area contributed by atoms with Crippen LogP contribution in [-0.4, -0.2) is 17.6 Å². The number of alkyl halides is 2. The topological polar surface area (TPSA) is 34.1 Å². The van der Waals surface area contributed by atoms with Crippen molar-refractivity contribution in [2.75, 3.05) is 5.32 Å². The first kappa shape index (κ1) is 16.1. The quantitative estimate of drug-likeness (QED) is 0.840. The lowest BCUT2D eigenvalue weighted by Crippen LogP contribution is -2.14. The Morgan fingerprint density at radius 3 is 2.59 bits per heavy atom. The van der Waals surface area contributed by atoms with Crippen LogP contribution in [0.15, 0.2) is 36.5 Å². The van der Waals surface area contributed by atoms with Crippen molar-refractivity contribution < 1.29 is 17.9 Å². The average molecular weight is 310 g/mol. The summed E-state index contributed by atoms with van der Waals surface area (Å²) in [5.74, 6) is -0.201. The SMILES string of the molecule is CCC(C)Nc1ccc(-c2c(F)cccc2OC(F)F)cn1. The van der Waals surface area contributed by atoms with E-state index < -0.39 is 12.4 Å². The number of pyridine rings is 1. The minimum atomic E-state index is -3.01. The Bertz CT molecular complexity index is 617. The molecule has 3 nitrogen and oxygen atoms in total. The van der Waals surface area contributed by atoms with E-state index in [1.807, 2.05) is 13.8 Å². The number of halogens is 3. The molecule has 2 rings (SSSR count). The number of benzene rings is 1. The summed E-state index contributed by atoms with van der Waals surface area (Å²) in [5, 5.41) is 3.18. The molecule has 0 fully saturated rings. The monoisotopic (exact) mass is 310 g/mol. The smallest absolute Gasteiger partial charge is 0.387 e. The standard InChI is InChI=1S/C16H17F3N2O/c1-3-10(2)21-14-8-7-11(9-20-14)15-12(17)5-4-6-13(15)22-16(18)19/h4-10,16H,3H2,1-2H3,(H,20,21). The largest absolute Gasteiger partial charge is 0.434 e. The van der Waals surface area contributed by atoms with Gasteiger partial charge in [0.25, 0.3) is 0 Å². The van der Waals surface area contributed by atoms with Crippen LogP contribution >= 0.6 is 0 Å². The van der Waals surface area contributed by atoms with E-state index in [1.54, 1.807) is 12.1 Å². The van der Waals surface area contributed by atoms with Crippen molar-refractivity contribution in [1.29, 1.82) is 0 Å². The number of ether oxygens (including phenoxy) is 1. The molecular weight excluding hydrogens is 293 g/mol. The minimum absolute atomic E-state index is 0.0228. The van der Waals surface area contributed by atoms with Gasteiger partial charge < -0.3 is 10.1 Å². The predicted molar refractivity (Wildman–Crippen MR) is 79.6 cm³/mol. The first-order chi connectivity index (χ1) is 10.5. The Labute approximate surface area is 127 Å². The van der Waals surface area contributed by atoms with Crippen LogP contribution in [0.4, 0.5) is 19.0 Å². The Kier molecular flexibility index (Phi) is 5.25. The van der Waals surface area contributed by atoms with Crippen LogP contribution in [0.25, 0.3) is 11.1 Å². The van der Waals surface area contributed by atoms with Crippen LogP contribution in [0.3, 0.4) is 0 Å². The fraction of sp³-hybridized carbons (Fsp3) is 0.312. The molecule has 0 saturated heterocycles. The number of nitrogens with one attached hydrogen (secondary N) is 1. The van der Waals surface area contributed by atoms with Crippen LogP contribution in [0.5, 0.6) is 5.75 Å². The molecule has 1 aromatic heterocycles. The molecule has 118 valence electrons. The molecule has 1 atom stereocenters. The molecule has 0 radical (unpaired) electrons. The minimum Gasteiger partial charge on any atom is -0.434 e. The second-order valence-corrected chi connectivity index (χ2v) is 4.88. The number of aromatic nitrogens is 1. The molecule has 0 bridgehead atoms. The van der Waals surface area contributed by atoms with Crippen LogP contribution < -0.4 is 10.1 Å². The molecule has 1 aromatic carbocycles. The van der Waals surface area contributed by atoms with Crippen molar-refractivity contribution in [3.63, 3.8) is 0 Å². The first-order valence-electron chi connectivity index (χ1n) is 6.97. The molecule has 1 unspecified atom stereocenters. The van der Waals surface area contributed by atoms with Crippen molar-refractivity contribution >= 4 is 5.82 Å². The van der Waals surface area contributed by atoms with Crippen LogP contribution in [0.1, 0.15) is 20.3 Å². The maximum atomic E-state index is 14.0. The second kappa shape index (κ2) is 7.15. The van der Waals surface area contributed by atoms with Crippen molar-refractivity contribution in [3.8, 4) is 16.9 Å². The molecule has 6 heteroatoms. The van der Waals surface area contributed by atoms with Gasteiger partial charge in [-0.2, -0.15) is 8.78 Å². The van der Waals surface area contributed by atoms with Gasteiger partial charge in [-0.15, -0.1) is 0 Å². The molecule has 0 aliphatic rings. The van der Waals surface area contributed by atoms with E-state index in [0.29, 0.717) is 11.4 Å². The molecule has 0 aliphatic heterocycles. The molecule has 0 amide bonds. The molecule has 0 saturated carbocycles. The molecule has 0 spiro atoms. The molecular formula is C16H17F3N2O. The highest BCUT2D eigenvalue weighted by Gasteiger charge is 2.15. The maximum Gasteiger partial charge on any atom is 0.387 e. The Balaban J connectivity index is 2.31. The number of rotatable bonds is 6. The van der Waals surface area contributed by atoms with Crippen LogP contribution in [0, 0.1) is 5.82 Å². The van der Waals surface area contributed by atoms with Gasteiger partial charge in [-0.3, -0.25) is 0 Å². The van der Waals surface area contributed by atoms with Crippen LogP contribution in [-0.2, 0) is 0 Å². The third-order valence-electron chi connectivity index (χ3n) is 3.25. The van der Waals surface area contributed by atoms with Gasteiger partial charge >= 0.3 is 6.61 Å². The second-order valence-electron chi connectivity index (χ2n) is 4.88. The zero-order chi connectivity index (χ0) is 16.1. The summed E-state index contributed by atoms with van der Waals surface area (Å²) in [6, 6.07) is 7.37. The predicted octanol–water partition coefficient (Wildman–Crippen LogP) is 4.70. The highest BCUT2D eigenvalue weighted by atomic mass is 19.3. The molecule has 1 heterocycles. The van der Waals surface area contributed by atoms with E-state index in [2.05, 4.69) is 15.0 Å². The zero-order valence-corrected chi connectivity index (χ0v) is 12.3. The van der Waals surface area contributed by atoms with Gasteiger partial charge in [0.15, 0.2) is 0 Å². The Hall–Kier alpha value is -2.24. The van der Waals surface area contributed by atoms with Crippen molar-refractivity contribution in [3.05, 3.63) is 42.3 Å². The van der Waals surface area contributed by atoms with Crippen molar-refractivity contribution in [2.24, 2.45) is 0 Å². The fourth-order valence-corrected chi connectivity index (χ4v) is 1.96. The number of anilines is 1. The van der Waals surface area contributed by atoms with E-state index in [0.717, 1.165) is 6.42 Å². The van der Waals surface area contributed by atoms with E-state index in [9.17, 15) is 13.2 Å². The highest BCUT2D eigenvalue weighted by molar-refractivity contribution is 5.71. The van der Waals surface area contributed by atoms with E-state index in [1.165, 1.54) is 24.4 Å². The van der Waals surface area contributed by atoms with E-state index in [-0.39, 0.29) is 17.4 Å². The summed E-state index contributed by atoms with van der Waals surface area (Å²) < 4.78 is 43.2. The zero-order valence-electron chi connectivity index (χ0n) is 12.3.